The van der Waals surface area contributed by atoms with Crippen LogP contribution in [0.3, 0.4) is 0 Å². The van der Waals surface area contributed by atoms with E-state index >= 15 is 0 Å². The second kappa shape index (κ2) is 9.91. The monoisotopic (exact) mass is 439 g/mol. The van der Waals surface area contributed by atoms with Gasteiger partial charge < -0.3 is 0 Å². The van der Waals surface area contributed by atoms with Gasteiger partial charge in [0.05, 0.1) is 0 Å². The highest BCUT2D eigenvalue weighted by molar-refractivity contribution is 5.08. The minimum absolute atomic E-state index is 0.950. The zero-order valence-corrected chi connectivity index (χ0v) is 21.4. The van der Waals surface area contributed by atoms with Gasteiger partial charge in [-0.05, 0) is 106 Å². The first-order chi connectivity index (χ1) is 15.8. The fourth-order valence-electron chi connectivity index (χ4n) is 10.5. The quantitative estimate of drug-likeness (QED) is 0.425. The predicted octanol–water partition coefficient (Wildman–Crippen LogP) is 8.61. The van der Waals surface area contributed by atoms with Crippen molar-refractivity contribution in [2.45, 2.75) is 153 Å². The fraction of sp³-hybridized carbons (Fsp3) is 1.00. The maximum absolute atomic E-state index is 3.26. The number of hydrogen-bond donors (Lipinski definition) is 0. The van der Waals surface area contributed by atoms with Crippen molar-refractivity contribution >= 4 is 0 Å². The first-order valence-electron chi connectivity index (χ1n) is 15.6. The third-order valence-corrected chi connectivity index (χ3v) is 12.2. The highest BCUT2D eigenvalue weighted by Gasteiger charge is 2.55. The van der Waals surface area contributed by atoms with Gasteiger partial charge in [-0.3, -0.25) is 4.90 Å². The number of fused-ring (bicyclic) bond motifs is 3. The Bertz CT molecular complexity index is 552. The van der Waals surface area contributed by atoms with Crippen LogP contribution in [0.2, 0.25) is 0 Å². The van der Waals surface area contributed by atoms with E-state index < -0.39 is 0 Å². The molecule has 0 bridgehead atoms. The lowest BCUT2D eigenvalue weighted by molar-refractivity contribution is 0.0382. The van der Waals surface area contributed by atoms with Crippen LogP contribution in [-0.4, -0.2) is 23.0 Å². The zero-order valence-electron chi connectivity index (χ0n) is 21.4. The van der Waals surface area contributed by atoms with Crippen molar-refractivity contribution in [2.24, 2.45) is 41.4 Å². The minimum Gasteiger partial charge on any atom is -0.294 e. The molecule has 5 aliphatic carbocycles. The summed E-state index contributed by atoms with van der Waals surface area (Å²) in [5.41, 5.74) is 0. The molecule has 6 atom stereocenters. The molecule has 0 aromatic rings. The molecular formula is C31H53N. The average molecular weight is 440 g/mol. The summed E-state index contributed by atoms with van der Waals surface area (Å²) in [6.07, 6.45) is 31.1. The predicted molar refractivity (Wildman–Crippen MR) is 136 cm³/mol. The lowest BCUT2D eigenvalue weighted by Gasteiger charge is -2.45. The van der Waals surface area contributed by atoms with Gasteiger partial charge in [-0.1, -0.05) is 71.1 Å². The van der Waals surface area contributed by atoms with Gasteiger partial charge in [0.25, 0.3) is 0 Å². The summed E-state index contributed by atoms with van der Waals surface area (Å²) in [7, 11) is 0. The Balaban J connectivity index is 1.21. The molecule has 6 unspecified atom stereocenters. The maximum Gasteiger partial charge on any atom is 0.0133 e. The van der Waals surface area contributed by atoms with Crippen molar-refractivity contribution in [3.05, 3.63) is 0 Å². The standard InChI is InChI=1S/C31H53N/c1-22-12-16-27(17-13-22)32-30-18-14-25(23-8-4-2-5-9-23)20-28(30)29-21-26(15-19-31(29)32)24-10-6-3-7-11-24/h22-31H,2-21H2,1H3. The third kappa shape index (κ3) is 4.35. The largest absolute Gasteiger partial charge is 0.294 e. The number of nitrogens with zero attached hydrogens (tertiary/aromatic N) is 1. The Hall–Kier alpha value is -0.0400. The molecule has 0 radical (unpaired) electrons. The van der Waals surface area contributed by atoms with Crippen LogP contribution >= 0.6 is 0 Å². The van der Waals surface area contributed by atoms with Crippen LogP contribution in [0.4, 0.5) is 0 Å². The molecular weight excluding hydrogens is 386 g/mol. The Morgan fingerprint density at radius 3 is 1.38 bits per heavy atom. The number of rotatable bonds is 3. The molecule has 0 amide bonds. The van der Waals surface area contributed by atoms with Crippen molar-refractivity contribution < 1.29 is 0 Å². The third-order valence-electron chi connectivity index (χ3n) is 12.2. The molecule has 6 rings (SSSR count). The Kier molecular flexibility index (Phi) is 6.94. The molecule has 1 aliphatic heterocycles. The minimum atomic E-state index is 0.950. The molecule has 1 heteroatoms. The molecule has 6 aliphatic rings. The van der Waals surface area contributed by atoms with Crippen molar-refractivity contribution in [3.8, 4) is 0 Å². The van der Waals surface area contributed by atoms with Gasteiger partial charge >= 0.3 is 0 Å². The van der Waals surface area contributed by atoms with Gasteiger partial charge in [0.15, 0.2) is 0 Å². The van der Waals surface area contributed by atoms with Gasteiger partial charge in [-0.15, -0.1) is 0 Å². The van der Waals surface area contributed by atoms with Crippen LogP contribution in [0.1, 0.15) is 135 Å². The Morgan fingerprint density at radius 1 is 0.438 bits per heavy atom. The molecule has 32 heavy (non-hydrogen) atoms. The lowest BCUT2D eigenvalue weighted by atomic mass is 9.62. The molecule has 1 heterocycles. The second-order valence-corrected chi connectivity index (χ2v) is 13.8. The molecule has 0 N–H and O–H groups in total. The van der Waals surface area contributed by atoms with Gasteiger partial charge in [0.1, 0.15) is 0 Å². The van der Waals surface area contributed by atoms with E-state index in [0.29, 0.717) is 0 Å². The van der Waals surface area contributed by atoms with E-state index in [0.717, 1.165) is 59.6 Å². The van der Waals surface area contributed by atoms with E-state index in [4.69, 9.17) is 0 Å². The summed E-state index contributed by atoms with van der Waals surface area (Å²) in [5, 5.41) is 0. The van der Waals surface area contributed by atoms with Crippen LogP contribution < -0.4 is 0 Å². The smallest absolute Gasteiger partial charge is 0.0133 e. The first kappa shape index (κ1) is 22.4. The van der Waals surface area contributed by atoms with Crippen molar-refractivity contribution in [1.82, 2.24) is 4.90 Å². The summed E-state index contributed by atoms with van der Waals surface area (Å²) >= 11 is 0. The van der Waals surface area contributed by atoms with E-state index in [1.54, 1.807) is 64.2 Å². The normalized spacial score (nSPS) is 47.2. The zero-order chi connectivity index (χ0) is 21.5. The molecule has 0 aromatic heterocycles. The Labute approximate surface area is 199 Å². The van der Waals surface area contributed by atoms with Crippen molar-refractivity contribution in [2.75, 3.05) is 0 Å². The maximum atomic E-state index is 3.26. The van der Waals surface area contributed by atoms with Gasteiger partial charge in [-0.25, -0.2) is 0 Å². The highest BCUT2D eigenvalue weighted by atomic mass is 15.3. The lowest BCUT2D eigenvalue weighted by Crippen LogP contribution is -2.49. The topological polar surface area (TPSA) is 3.24 Å². The van der Waals surface area contributed by atoms with Crippen LogP contribution in [0.25, 0.3) is 0 Å². The summed E-state index contributed by atoms with van der Waals surface area (Å²) in [6, 6.07) is 2.91. The van der Waals surface area contributed by atoms with Crippen molar-refractivity contribution in [1.29, 1.82) is 0 Å². The summed E-state index contributed by atoms with van der Waals surface area (Å²) in [4.78, 5) is 3.26. The van der Waals surface area contributed by atoms with Crippen LogP contribution in [0, 0.1) is 41.4 Å². The number of hydrogen-bond acceptors (Lipinski definition) is 1. The fourth-order valence-corrected chi connectivity index (χ4v) is 10.5. The van der Waals surface area contributed by atoms with Gasteiger partial charge in [0.2, 0.25) is 0 Å². The van der Waals surface area contributed by atoms with E-state index in [1.165, 1.54) is 64.2 Å². The second-order valence-electron chi connectivity index (χ2n) is 13.8. The van der Waals surface area contributed by atoms with E-state index in [-0.39, 0.29) is 0 Å². The Morgan fingerprint density at radius 2 is 0.906 bits per heavy atom. The van der Waals surface area contributed by atoms with Gasteiger partial charge in [0, 0.05) is 18.1 Å². The molecule has 5 saturated carbocycles. The van der Waals surface area contributed by atoms with E-state index in [9.17, 15) is 0 Å². The summed E-state index contributed by atoms with van der Waals surface area (Å²) < 4.78 is 0. The highest BCUT2D eigenvalue weighted by Crippen LogP contribution is 2.56. The molecule has 1 saturated heterocycles. The van der Waals surface area contributed by atoms with E-state index in [1.807, 2.05) is 0 Å². The molecule has 6 fully saturated rings. The molecule has 1 nitrogen and oxygen atoms in total. The van der Waals surface area contributed by atoms with Crippen LogP contribution in [-0.2, 0) is 0 Å². The first-order valence-corrected chi connectivity index (χ1v) is 15.6. The van der Waals surface area contributed by atoms with Crippen LogP contribution in [0.15, 0.2) is 0 Å². The molecule has 182 valence electrons. The molecule has 0 aromatic carbocycles. The summed E-state index contributed by atoms with van der Waals surface area (Å²) in [6.45, 7) is 2.51. The SMILES string of the molecule is CC1CCC(N2C3CCC(C4CCCCC4)CC3C3CC(C4CCCCC4)CCC32)CC1. The van der Waals surface area contributed by atoms with Crippen molar-refractivity contribution in [3.63, 3.8) is 0 Å². The average Bonchev–Trinajstić information content (AvgIpc) is 3.19. The van der Waals surface area contributed by atoms with E-state index in [2.05, 4.69) is 11.8 Å². The number of likely N-dealkylation sites (tertiary alicyclic amines) is 1. The van der Waals surface area contributed by atoms with Crippen LogP contribution in [0.5, 0.6) is 0 Å². The molecule has 0 spiro atoms. The summed E-state index contributed by atoms with van der Waals surface area (Å²) in [5.74, 6) is 7.54. The van der Waals surface area contributed by atoms with Gasteiger partial charge in [-0.2, -0.15) is 0 Å².